The van der Waals surface area contributed by atoms with Crippen molar-refractivity contribution in [1.29, 1.82) is 0 Å². The van der Waals surface area contributed by atoms with Gasteiger partial charge in [-0.2, -0.15) is 4.31 Å². The first-order chi connectivity index (χ1) is 11.5. The molecule has 0 saturated carbocycles. The minimum absolute atomic E-state index is 0.0727. The van der Waals surface area contributed by atoms with Crippen molar-refractivity contribution >= 4 is 15.9 Å². The Kier molecular flexibility index (Phi) is 6.77. The summed E-state index contributed by atoms with van der Waals surface area (Å²) >= 11 is 0. The molecule has 1 fully saturated rings. The predicted molar refractivity (Wildman–Crippen MR) is 91.8 cm³/mol. The van der Waals surface area contributed by atoms with Crippen LogP contribution >= 0.6 is 0 Å². The first kappa shape index (κ1) is 18.9. The number of aliphatic hydroxyl groups excluding tert-OH is 1. The molecule has 1 aliphatic heterocycles. The fraction of sp³-hybridized carbons (Fsp3) is 0.588. The third kappa shape index (κ3) is 4.55. The molecular formula is C17H26N2O4S. The van der Waals surface area contributed by atoms with Crippen molar-refractivity contribution in [2.24, 2.45) is 11.8 Å². The summed E-state index contributed by atoms with van der Waals surface area (Å²) in [5, 5.41) is 11.4. The molecule has 0 aliphatic carbocycles. The highest BCUT2D eigenvalue weighted by atomic mass is 32.2. The number of hydrogen-bond acceptors (Lipinski definition) is 4. The van der Waals surface area contributed by atoms with Gasteiger partial charge in [-0.3, -0.25) is 4.79 Å². The van der Waals surface area contributed by atoms with Crippen LogP contribution in [0.4, 0.5) is 0 Å². The average Bonchev–Trinajstić information content (AvgIpc) is 2.60. The summed E-state index contributed by atoms with van der Waals surface area (Å²) in [5.74, 6) is 0.264. The molecule has 134 valence electrons. The van der Waals surface area contributed by atoms with Gasteiger partial charge in [0, 0.05) is 26.1 Å². The van der Waals surface area contributed by atoms with Gasteiger partial charge in [-0.05, 0) is 30.4 Å². The maximum atomic E-state index is 12.7. The van der Waals surface area contributed by atoms with Gasteiger partial charge in [0.15, 0.2) is 0 Å². The lowest BCUT2D eigenvalue weighted by Gasteiger charge is -2.37. The van der Waals surface area contributed by atoms with Crippen LogP contribution in [-0.4, -0.2) is 50.0 Å². The molecule has 1 aromatic rings. The largest absolute Gasteiger partial charge is 0.395 e. The predicted octanol–water partition coefficient (Wildman–Crippen LogP) is 1.22. The summed E-state index contributed by atoms with van der Waals surface area (Å²) < 4.78 is 27.0. The molecule has 2 N–H and O–H groups in total. The summed E-state index contributed by atoms with van der Waals surface area (Å²) in [5.41, 5.74) is 0. The molecule has 1 saturated heterocycles. The van der Waals surface area contributed by atoms with E-state index in [-0.39, 0.29) is 30.9 Å². The second kappa shape index (κ2) is 8.60. The zero-order chi connectivity index (χ0) is 17.6. The number of carbonyl (C=O) groups excluding carboxylic acids is 1. The third-order valence-corrected chi connectivity index (χ3v) is 6.52. The number of hydrogen-bond donors (Lipinski definition) is 2. The van der Waals surface area contributed by atoms with E-state index in [4.69, 9.17) is 5.11 Å². The molecule has 2 atom stereocenters. The summed E-state index contributed by atoms with van der Waals surface area (Å²) in [7, 11) is -3.47. The zero-order valence-electron chi connectivity index (χ0n) is 14.0. The summed E-state index contributed by atoms with van der Waals surface area (Å²) in [6, 6.07) is 8.48. The van der Waals surface area contributed by atoms with E-state index in [2.05, 4.69) is 5.32 Å². The summed E-state index contributed by atoms with van der Waals surface area (Å²) in [4.78, 5) is 12.2. The first-order valence-corrected chi connectivity index (χ1v) is 9.85. The van der Waals surface area contributed by atoms with Crippen molar-refractivity contribution in [3.63, 3.8) is 0 Å². The van der Waals surface area contributed by atoms with Crippen molar-refractivity contribution in [3.05, 3.63) is 30.3 Å². The molecule has 1 heterocycles. The highest BCUT2D eigenvalue weighted by molar-refractivity contribution is 7.89. The van der Waals surface area contributed by atoms with E-state index in [0.717, 1.165) is 6.42 Å². The van der Waals surface area contributed by atoms with E-state index in [1.807, 2.05) is 6.92 Å². The highest BCUT2D eigenvalue weighted by Crippen LogP contribution is 2.31. The van der Waals surface area contributed by atoms with Crippen LogP contribution in [0, 0.1) is 11.8 Å². The molecule has 0 radical (unpaired) electrons. The molecule has 0 spiro atoms. The van der Waals surface area contributed by atoms with Crippen molar-refractivity contribution in [3.8, 4) is 0 Å². The highest BCUT2D eigenvalue weighted by Gasteiger charge is 2.35. The number of piperidine rings is 1. The Hall–Kier alpha value is -1.44. The number of nitrogens with one attached hydrogen (secondary N) is 1. The summed E-state index contributed by atoms with van der Waals surface area (Å²) in [6.45, 7) is 3.10. The molecule has 0 bridgehead atoms. The Labute approximate surface area is 143 Å². The quantitative estimate of drug-likeness (QED) is 0.771. The van der Waals surface area contributed by atoms with Gasteiger partial charge in [0.25, 0.3) is 0 Å². The van der Waals surface area contributed by atoms with Crippen molar-refractivity contribution in [1.82, 2.24) is 9.62 Å². The van der Waals surface area contributed by atoms with Crippen molar-refractivity contribution in [2.75, 3.05) is 26.2 Å². The van der Waals surface area contributed by atoms with Gasteiger partial charge in [-0.25, -0.2) is 8.42 Å². The third-order valence-electron chi connectivity index (χ3n) is 4.64. The lowest BCUT2D eigenvalue weighted by atomic mass is 9.82. The molecule has 6 nitrogen and oxygen atoms in total. The van der Waals surface area contributed by atoms with Crippen LogP contribution in [0.1, 0.15) is 26.2 Å². The topological polar surface area (TPSA) is 86.7 Å². The maximum Gasteiger partial charge on any atom is 0.243 e. The number of benzene rings is 1. The molecule has 0 aromatic heterocycles. The van der Waals surface area contributed by atoms with Gasteiger partial charge in [0.1, 0.15) is 0 Å². The van der Waals surface area contributed by atoms with Crippen LogP contribution < -0.4 is 5.32 Å². The SMILES string of the molecule is CC[C@H]1CN(S(=O)(=O)c2ccccc2)CC[C@H]1CC(=O)NCCO. The minimum Gasteiger partial charge on any atom is -0.395 e. The van der Waals surface area contributed by atoms with Gasteiger partial charge >= 0.3 is 0 Å². The Morgan fingerprint density at radius 1 is 1.29 bits per heavy atom. The molecule has 24 heavy (non-hydrogen) atoms. The normalized spacial score (nSPS) is 22.2. The molecule has 0 unspecified atom stereocenters. The van der Waals surface area contributed by atoms with Gasteiger partial charge in [0.2, 0.25) is 15.9 Å². The Balaban J connectivity index is 2.03. The van der Waals surface area contributed by atoms with E-state index in [1.165, 1.54) is 0 Å². The van der Waals surface area contributed by atoms with Gasteiger partial charge < -0.3 is 10.4 Å². The molecule has 1 aliphatic rings. The summed E-state index contributed by atoms with van der Waals surface area (Å²) in [6.07, 6.45) is 1.90. The number of rotatable bonds is 7. The first-order valence-electron chi connectivity index (χ1n) is 8.41. The number of amides is 1. The van der Waals surface area contributed by atoms with E-state index >= 15 is 0 Å². The van der Waals surface area contributed by atoms with Crippen LogP contribution in [0.5, 0.6) is 0 Å². The molecule has 1 aromatic carbocycles. The number of carbonyl (C=O) groups is 1. The van der Waals surface area contributed by atoms with Crippen LogP contribution in [0.15, 0.2) is 35.2 Å². The number of sulfonamides is 1. The van der Waals surface area contributed by atoms with E-state index in [0.29, 0.717) is 30.8 Å². The zero-order valence-corrected chi connectivity index (χ0v) is 14.8. The Bertz CT molecular complexity index is 633. The van der Waals surface area contributed by atoms with Crippen molar-refractivity contribution < 1.29 is 18.3 Å². The van der Waals surface area contributed by atoms with Crippen LogP contribution in [-0.2, 0) is 14.8 Å². The van der Waals surface area contributed by atoms with Crippen LogP contribution in [0.3, 0.4) is 0 Å². The Morgan fingerprint density at radius 2 is 2.00 bits per heavy atom. The van der Waals surface area contributed by atoms with E-state index in [1.54, 1.807) is 34.6 Å². The van der Waals surface area contributed by atoms with E-state index in [9.17, 15) is 13.2 Å². The van der Waals surface area contributed by atoms with E-state index < -0.39 is 10.0 Å². The second-order valence-electron chi connectivity index (χ2n) is 6.17. The minimum atomic E-state index is -3.47. The maximum absolute atomic E-state index is 12.7. The fourth-order valence-corrected chi connectivity index (χ4v) is 4.78. The van der Waals surface area contributed by atoms with Crippen LogP contribution in [0.25, 0.3) is 0 Å². The second-order valence-corrected chi connectivity index (χ2v) is 8.11. The van der Waals surface area contributed by atoms with Gasteiger partial charge in [0.05, 0.1) is 11.5 Å². The smallest absolute Gasteiger partial charge is 0.243 e. The molecule has 7 heteroatoms. The number of nitrogens with zero attached hydrogens (tertiary/aromatic N) is 1. The van der Waals surface area contributed by atoms with Crippen LogP contribution in [0.2, 0.25) is 0 Å². The lowest BCUT2D eigenvalue weighted by Crippen LogP contribution is -2.44. The Morgan fingerprint density at radius 3 is 2.62 bits per heavy atom. The molecule has 2 rings (SSSR count). The monoisotopic (exact) mass is 354 g/mol. The molecule has 1 amide bonds. The number of aliphatic hydroxyl groups is 1. The van der Waals surface area contributed by atoms with Gasteiger partial charge in [-0.15, -0.1) is 0 Å². The fourth-order valence-electron chi connectivity index (χ4n) is 3.24. The lowest BCUT2D eigenvalue weighted by molar-refractivity contribution is -0.122. The van der Waals surface area contributed by atoms with Crippen molar-refractivity contribution in [2.45, 2.75) is 31.1 Å². The molecular weight excluding hydrogens is 328 g/mol. The van der Waals surface area contributed by atoms with Gasteiger partial charge in [-0.1, -0.05) is 31.5 Å². The standard InChI is InChI=1S/C17H26N2O4S/c1-2-14-13-19(24(22,23)16-6-4-3-5-7-16)10-8-15(14)12-17(21)18-9-11-20/h3-7,14-15,20H,2,8-13H2,1H3,(H,18,21)/t14-,15-/m0/s1. The average molecular weight is 354 g/mol.